The number of nitrogens with zero attached hydrogens (tertiary/aromatic N) is 2. The normalized spacial score (nSPS) is 30.4. The van der Waals surface area contributed by atoms with Crippen molar-refractivity contribution in [2.75, 3.05) is 13.2 Å². The Morgan fingerprint density at radius 2 is 1.88 bits per heavy atom. The maximum absolute atomic E-state index is 5.65. The molecule has 2 aliphatic rings. The van der Waals surface area contributed by atoms with E-state index in [1.54, 1.807) is 0 Å². The van der Waals surface area contributed by atoms with Gasteiger partial charge in [-0.05, 0) is 19.8 Å². The predicted octanol–water partition coefficient (Wildman–Crippen LogP) is 2.04. The minimum atomic E-state index is 0.126. The zero-order chi connectivity index (χ0) is 11.5. The van der Waals surface area contributed by atoms with E-state index < -0.39 is 0 Å². The van der Waals surface area contributed by atoms with Gasteiger partial charge in [-0.1, -0.05) is 13.8 Å². The summed E-state index contributed by atoms with van der Waals surface area (Å²) in [7, 11) is 0. The fourth-order valence-corrected chi connectivity index (χ4v) is 1.98. The minimum absolute atomic E-state index is 0.126. The molecule has 2 rings (SSSR count). The monoisotopic (exact) mass is 224 g/mol. The number of aliphatic imine (C=N–C) groups is 2. The van der Waals surface area contributed by atoms with Crippen molar-refractivity contribution in [2.24, 2.45) is 15.9 Å². The molecule has 0 saturated carbocycles. The first kappa shape index (κ1) is 11.4. The minimum Gasteiger partial charge on any atom is -0.478 e. The van der Waals surface area contributed by atoms with Gasteiger partial charge in [-0.15, -0.1) is 0 Å². The Labute approximate surface area is 96.8 Å². The summed E-state index contributed by atoms with van der Waals surface area (Å²) < 4.78 is 11.2. The van der Waals surface area contributed by atoms with Crippen molar-refractivity contribution in [3.63, 3.8) is 0 Å². The van der Waals surface area contributed by atoms with Crippen molar-refractivity contribution in [3.8, 4) is 0 Å². The standard InChI is InChI=1S/C12H20N2O2/c1-4-9-7-16-12(14-9)10(5-2)11-13-8(3)6-15-11/h8-10H,4-7H2,1-3H3. The van der Waals surface area contributed by atoms with Crippen LogP contribution in [0.5, 0.6) is 0 Å². The lowest BCUT2D eigenvalue weighted by atomic mass is 10.1. The van der Waals surface area contributed by atoms with Crippen LogP contribution in [-0.2, 0) is 9.47 Å². The molecular weight excluding hydrogens is 204 g/mol. The van der Waals surface area contributed by atoms with Crippen LogP contribution in [0.4, 0.5) is 0 Å². The highest BCUT2D eigenvalue weighted by Crippen LogP contribution is 2.21. The highest BCUT2D eigenvalue weighted by molar-refractivity contribution is 6.01. The second-order valence-electron chi connectivity index (χ2n) is 4.43. The van der Waals surface area contributed by atoms with Crippen LogP contribution in [-0.4, -0.2) is 37.1 Å². The van der Waals surface area contributed by atoms with Crippen molar-refractivity contribution in [2.45, 2.75) is 45.7 Å². The van der Waals surface area contributed by atoms with Crippen LogP contribution < -0.4 is 0 Å². The van der Waals surface area contributed by atoms with E-state index in [-0.39, 0.29) is 12.0 Å². The van der Waals surface area contributed by atoms with Gasteiger partial charge in [0.1, 0.15) is 19.1 Å². The van der Waals surface area contributed by atoms with Crippen LogP contribution in [0.15, 0.2) is 9.98 Å². The Kier molecular flexibility index (Phi) is 3.46. The van der Waals surface area contributed by atoms with Crippen molar-refractivity contribution < 1.29 is 9.47 Å². The molecule has 0 fully saturated rings. The SMILES string of the molecule is CCC1COC(C(CC)C2=NC(C)CO2)=N1. The molecule has 0 bridgehead atoms. The Morgan fingerprint density at radius 1 is 1.19 bits per heavy atom. The van der Waals surface area contributed by atoms with Gasteiger partial charge in [0.15, 0.2) is 11.8 Å². The topological polar surface area (TPSA) is 43.2 Å². The molecule has 4 nitrogen and oxygen atoms in total. The van der Waals surface area contributed by atoms with Gasteiger partial charge in [0.05, 0.1) is 12.1 Å². The van der Waals surface area contributed by atoms with Crippen LogP contribution in [0.25, 0.3) is 0 Å². The first-order valence-corrected chi connectivity index (χ1v) is 6.15. The third-order valence-electron chi connectivity index (χ3n) is 3.03. The molecule has 3 atom stereocenters. The van der Waals surface area contributed by atoms with Crippen molar-refractivity contribution in [3.05, 3.63) is 0 Å². The molecule has 0 aromatic rings. The van der Waals surface area contributed by atoms with E-state index in [0.717, 1.165) is 24.6 Å². The summed E-state index contributed by atoms with van der Waals surface area (Å²) in [5.74, 6) is 1.76. The van der Waals surface area contributed by atoms with Crippen LogP contribution in [0.1, 0.15) is 33.6 Å². The Bertz CT molecular complexity index is 312. The molecule has 4 heteroatoms. The molecule has 90 valence electrons. The average Bonchev–Trinajstić information content (AvgIpc) is 2.89. The summed E-state index contributed by atoms with van der Waals surface area (Å²) in [5, 5.41) is 0. The van der Waals surface area contributed by atoms with Gasteiger partial charge >= 0.3 is 0 Å². The predicted molar refractivity (Wildman–Crippen MR) is 64.1 cm³/mol. The van der Waals surface area contributed by atoms with Crippen molar-refractivity contribution >= 4 is 11.8 Å². The molecule has 0 aromatic heterocycles. The molecule has 0 N–H and O–H groups in total. The third kappa shape index (κ3) is 2.20. The van der Waals surface area contributed by atoms with Gasteiger partial charge in [-0.25, -0.2) is 9.98 Å². The van der Waals surface area contributed by atoms with E-state index in [1.807, 2.05) is 0 Å². The third-order valence-corrected chi connectivity index (χ3v) is 3.03. The molecule has 0 spiro atoms. The zero-order valence-corrected chi connectivity index (χ0v) is 10.3. The van der Waals surface area contributed by atoms with Crippen LogP contribution in [0.2, 0.25) is 0 Å². The highest BCUT2D eigenvalue weighted by Gasteiger charge is 2.31. The smallest absolute Gasteiger partial charge is 0.196 e. The number of ether oxygens (including phenoxy) is 2. The highest BCUT2D eigenvalue weighted by atomic mass is 16.5. The van der Waals surface area contributed by atoms with Crippen molar-refractivity contribution in [1.82, 2.24) is 0 Å². The second kappa shape index (κ2) is 4.85. The number of hydrogen-bond donors (Lipinski definition) is 0. The average molecular weight is 224 g/mol. The molecule has 0 aliphatic carbocycles. The van der Waals surface area contributed by atoms with E-state index >= 15 is 0 Å². The van der Waals surface area contributed by atoms with Gasteiger partial charge in [0.25, 0.3) is 0 Å². The quantitative estimate of drug-likeness (QED) is 0.733. The summed E-state index contributed by atoms with van der Waals surface area (Å²) in [5.41, 5.74) is 0. The fourth-order valence-electron chi connectivity index (χ4n) is 1.98. The lowest BCUT2D eigenvalue weighted by Gasteiger charge is -2.13. The largest absolute Gasteiger partial charge is 0.478 e. The van der Waals surface area contributed by atoms with Crippen LogP contribution >= 0.6 is 0 Å². The summed E-state index contributed by atoms with van der Waals surface area (Å²) >= 11 is 0. The van der Waals surface area contributed by atoms with Crippen LogP contribution in [0.3, 0.4) is 0 Å². The maximum atomic E-state index is 5.65. The first-order valence-electron chi connectivity index (χ1n) is 6.15. The fraction of sp³-hybridized carbons (Fsp3) is 0.833. The summed E-state index contributed by atoms with van der Waals surface area (Å²) in [4.78, 5) is 9.07. The maximum Gasteiger partial charge on any atom is 0.196 e. The van der Waals surface area contributed by atoms with E-state index in [4.69, 9.17) is 9.47 Å². The zero-order valence-electron chi connectivity index (χ0n) is 10.3. The Balaban J connectivity index is 2.09. The molecule has 0 aromatic carbocycles. The molecule has 0 amide bonds. The van der Waals surface area contributed by atoms with E-state index in [1.165, 1.54) is 0 Å². The Hall–Kier alpha value is -1.06. The summed E-state index contributed by atoms with van der Waals surface area (Å²) in [6.45, 7) is 7.71. The first-order chi connectivity index (χ1) is 7.74. The molecule has 0 radical (unpaired) electrons. The molecule has 2 aliphatic heterocycles. The second-order valence-corrected chi connectivity index (χ2v) is 4.43. The van der Waals surface area contributed by atoms with E-state index in [0.29, 0.717) is 19.3 Å². The summed E-state index contributed by atoms with van der Waals surface area (Å²) in [6.07, 6.45) is 1.96. The number of rotatable bonds is 4. The van der Waals surface area contributed by atoms with Gasteiger partial charge in [-0.2, -0.15) is 0 Å². The molecule has 0 saturated heterocycles. The summed E-state index contributed by atoms with van der Waals surface area (Å²) in [6, 6.07) is 0.594. The van der Waals surface area contributed by atoms with Crippen LogP contribution in [0, 0.1) is 5.92 Å². The number of hydrogen-bond acceptors (Lipinski definition) is 4. The lowest BCUT2D eigenvalue weighted by molar-refractivity contribution is 0.283. The van der Waals surface area contributed by atoms with Crippen molar-refractivity contribution in [1.29, 1.82) is 0 Å². The van der Waals surface area contributed by atoms with E-state index in [9.17, 15) is 0 Å². The van der Waals surface area contributed by atoms with Gasteiger partial charge in [0.2, 0.25) is 0 Å². The molecular formula is C12H20N2O2. The lowest BCUT2D eigenvalue weighted by Crippen LogP contribution is -2.24. The Morgan fingerprint density at radius 3 is 2.38 bits per heavy atom. The van der Waals surface area contributed by atoms with Gasteiger partial charge in [-0.3, -0.25) is 0 Å². The van der Waals surface area contributed by atoms with Gasteiger partial charge in [0, 0.05) is 0 Å². The molecule has 3 unspecified atom stereocenters. The molecule has 16 heavy (non-hydrogen) atoms. The van der Waals surface area contributed by atoms with E-state index in [2.05, 4.69) is 30.8 Å². The van der Waals surface area contributed by atoms with Gasteiger partial charge < -0.3 is 9.47 Å². The molecule has 2 heterocycles.